The van der Waals surface area contributed by atoms with Gasteiger partial charge < -0.3 is 41.0 Å². The van der Waals surface area contributed by atoms with Gasteiger partial charge in [-0.15, -0.1) is 0 Å². The van der Waals surface area contributed by atoms with Gasteiger partial charge in [0.1, 0.15) is 0 Å². The molecule has 2 aromatic rings. The van der Waals surface area contributed by atoms with Crippen molar-refractivity contribution in [2.75, 3.05) is 0 Å². The predicted molar refractivity (Wildman–Crippen MR) is 67.7 cm³/mol. The van der Waals surface area contributed by atoms with E-state index in [1.807, 2.05) is 0 Å². The Balaban J connectivity index is -0.000000308. The van der Waals surface area contributed by atoms with E-state index in [9.17, 15) is 19.8 Å². The second-order valence-corrected chi connectivity index (χ2v) is 3.34. The number of aromatic carboxylic acids is 2. The van der Waals surface area contributed by atoms with Crippen LogP contribution in [0.3, 0.4) is 0 Å². The second-order valence-electron chi connectivity index (χ2n) is 3.34. The van der Waals surface area contributed by atoms with Gasteiger partial charge in [0.05, 0.1) is 23.3 Å². The van der Waals surface area contributed by atoms with Gasteiger partial charge in [-0.1, -0.05) is 12.1 Å². The molecule has 0 saturated carbocycles. The van der Waals surface area contributed by atoms with Crippen molar-refractivity contribution >= 4 is 11.9 Å². The molecule has 2 rings (SSSR count). The molecule has 1 radical (unpaired) electrons. The van der Waals surface area contributed by atoms with Gasteiger partial charge in [-0.25, -0.2) is 9.97 Å². The number of carbonyl (C=O) groups is 2. The van der Waals surface area contributed by atoms with Crippen LogP contribution in [0.1, 0.15) is 21.0 Å². The van der Waals surface area contributed by atoms with Gasteiger partial charge in [-0.2, -0.15) is 0 Å². The van der Waals surface area contributed by atoms with Crippen LogP contribution in [0.5, 0.6) is 11.8 Å². The van der Waals surface area contributed by atoms with E-state index < -0.39 is 11.9 Å². The molecule has 0 amide bonds. The van der Waals surface area contributed by atoms with Crippen molar-refractivity contribution in [3.63, 3.8) is 0 Å². The molecule has 0 aliphatic heterocycles. The first-order valence-corrected chi connectivity index (χ1v) is 5.15. The summed E-state index contributed by atoms with van der Waals surface area (Å²) in [7, 11) is 0. The van der Waals surface area contributed by atoms with Gasteiger partial charge in [0.25, 0.3) is 0 Å². The maximum absolute atomic E-state index is 10.1. The van der Waals surface area contributed by atoms with Crippen molar-refractivity contribution in [2.24, 2.45) is 0 Å². The second kappa shape index (κ2) is 11.9. The summed E-state index contributed by atoms with van der Waals surface area (Å²) in [4.78, 5) is 26.7. The Kier molecular flexibility index (Phi) is 13.0. The minimum Gasteiger partial charge on any atom is -0.543 e. The minimum atomic E-state index is -1.39. The molecule has 0 unspecified atom stereocenters. The maximum atomic E-state index is 10.1. The van der Waals surface area contributed by atoms with E-state index in [0.717, 1.165) is 0 Å². The largest absolute Gasteiger partial charge is 2.00 e. The molecule has 0 fully saturated rings. The quantitative estimate of drug-likeness (QED) is 0.505. The van der Waals surface area contributed by atoms with Crippen molar-refractivity contribution in [3.05, 3.63) is 47.8 Å². The first-order valence-electron chi connectivity index (χ1n) is 5.15. The number of hydrogen-bond acceptors (Lipinski definition) is 8. The molecule has 2 heterocycles. The van der Waals surface area contributed by atoms with Crippen LogP contribution in [0.4, 0.5) is 0 Å². The Morgan fingerprint density at radius 3 is 1.26 bits per heavy atom. The first kappa shape index (κ1) is 25.2. The van der Waals surface area contributed by atoms with Crippen molar-refractivity contribution < 1.29 is 58.0 Å². The number of rotatable bonds is 2. The Bertz CT molecular complexity index is 582. The van der Waals surface area contributed by atoms with Crippen LogP contribution < -0.4 is 10.2 Å². The fourth-order valence-corrected chi connectivity index (χ4v) is 1.07. The normalized spacial score (nSPS) is 8.00. The number of pyridine rings is 2. The topological polar surface area (TPSA) is 210 Å². The van der Waals surface area contributed by atoms with Crippen LogP contribution in [0.25, 0.3) is 0 Å². The average Bonchev–Trinajstić information content (AvgIpc) is 2.39. The van der Waals surface area contributed by atoms with Gasteiger partial charge in [0.2, 0.25) is 11.8 Å². The summed E-state index contributed by atoms with van der Waals surface area (Å²) in [5.41, 5.74) is -0.528. The Hall–Kier alpha value is -2.72. The summed E-state index contributed by atoms with van der Waals surface area (Å²) >= 11 is 0. The number of carboxylic acids is 2. The number of hydrogen-bond donors (Lipinski definition) is 2. The standard InChI is InChI=1S/2C6H5NO3.Cu.2H2O/c2*8-5-3-1-2-4(7-5)6(9)10;;;/h2*1-3H,(H,7,8)(H,9,10);;2*1H2/q;;+2;;/p-2. The molecule has 11 heteroatoms. The fraction of sp³-hybridized carbons (Fsp3) is 0. The molecule has 0 aliphatic rings. The predicted octanol–water partition coefficient (Wildman–Crippen LogP) is -3.35. The van der Waals surface area contributed by atoms with Crippen molar-refractivity contribution in [1.29, 1.82) is 0 Å². The summed E-state index contributed by atoms with van der Waals surface area (Å²) in [5.74, 6) is -3.42. The van der Waals surface area contributed by atoms with Crippen LogP contribution in [0.2, 0.25) is 0 Å². The molecule has 0 bridgehead atoms. The van der Waals surface area contributed by atoms with Gasteiger partial charge in [0.15, 0.2) is 0 Å². The monoisotopic (exact) mass is 375 g/mol. The van der Waals surface area contributed by atoms with E-state index in [-0.39, 0.29) is 51.2 Å². The van der Waals surface area contributed by atoms with Gasteiger partial charge in [-0.3, -0.25) is 0 Å². The number of carboxylic acid groups (broad SMARTS) is 2. The molecule has 6 N–H and O–H groups in total. The molecule has 0 spiro atoms. The molecule has 0 atom stereocenters. The van der Waals surface area contributed by atoms with E-state index in [1.54, 1.807) is 0 Å². The van der Waals surface area contributed by atoms with Crippen molar-refractivity contribution in [1.82, 2.24) is 9.97 Å². The van der Waals surface area contributed by atoms with Crippen molar-refractivity contribution in [3.8, 4) is 11.8 Å². The smallest absolute Gasteiger partial charge is 0.543 e. The molecule has 129 valence electrons. The molecule has 23 heavy (non-hydrogen) atoms. The molecular weight excluding hydrogens is 364 g/mol. The van der Waals surface area contributed by atoms with E-state index >= 15 is 0 Å². The van der Waals surface area contributed by atoms with Crippen LogP contribution in [0.15, 0.2) is 36.4 Å². The van der Waals surface area contributed by atoms with Crippen LogP contribution in [0, 0.1) is 0 Å². The van der Waals surface area contributed by atoms with Gasteiger partial charge in [0, 0.05) is 12.1 Å². The maximum Gasteiger partial charge on any atom is 2.00 e. The SMILES string of the molecule is O.O.O=C([O-])c1cccc(O)n1.O=C([O-])c1cccc(O)n1.[Cu+2]. The molecule has 0 aliphatic carbocycles. The third-order valence-electron chi connectivity index (χ3n) is 1.89. The Labute approximate surface area is 140 Å². The van der Waals surface area contributed by atoms with E-state index in [1.165, 1.54) is 36.4 Å². The van der Waals surface area contributed by atoms with Crippen LogP contribution in [-0.4, -0.2) is 43.1 Å². The zero-order chi connectivity index (χ0) is 15.1. The Morgan fingerprint density at radius 1 is 0.783 bits per heavy atom. The number of aromatic nitrogens is 2. The van der Waals surface area contributed by atoms with Crippen LogP contribution in [-0.2, 0) is 17.1 Å². The molecule has 0 aromatic carbocycles. The van der Waals surface area contributed by atoms with E-state index in [2.05, 4.69) is 9.97 Å². The summed E-state index contributed by atoms with van der Waals surface area (Å²) in [6.07, 6.45) is 0. The van der Waals surface area contributed by atoms with Gasteiger partial charge in [-0.05, 0) is 12.1 Å². The molecule has 0 saturated heterocycles. The van der Waals surface area contributed by atoms with E-state index in [0.29, 0.717) is 0 Å². The van der Waals surface area contributed by atoms with Crippen molar-refractivity contribution in [2.45, 2.75) is 0 Å². The first-order chi connectivity index (χ1) is 9.40. The number of aromatic hydroxyl groups is 2. The van der Waals surface area contributed by atoms with E-state index in [4.69, 9.17) is 10.2 Å². The third kappa shape index (κ3) is 9.01. The average molecular weight is 376 g/mol. The van der Waals surface area contributed by atoms with Gasteiger partial charge >= 0.3 is 17.1 Å². The summed E-state index contributed by atoms with van der Waals surface area (Å²) < 4.78 is 0. The summed E-state index contributed by atoms with van der Waals surface area (Å²) in [5, 5.41) is 37.5. The molecule has 2 aromatic heterocycles. The number of nitrogens with zero attached hydrogens (tertiary/aromatic N) is 2. The minimum absolute atomic E-state index is 0. The Morgan fingerprint density at radius 2 is 1.09 bits per heavy atom. The fourth-order valence-electron chi connectivity index (χ4n) is 1.07. The summed E-state index contributed by atoms with van der Waals surface area (Å²) in [6, 6.07) is 7.82. The van der Waals surface area contributed by atoms with Crippen LogP contribution >= 0.6 is 0 Å². The molecular formula is C12H12CuN2O8. The molecule has 10 nitrogen and oxygen atoms in total. The zero-order valence-corrected chi connectivity index (χ0v) is 12.1. The number of carbonyl (C=O) groups excluding carboxylic acids is 2. The zero-order valence-electron chi connectivity index (χ0n) is 11.2. The third-order valence-corrected chi connectivity index (χ3v) is 1.89. The summed E-state index contributed by atoms with van der Waals surface area (Å²) in [6.45, 7) is 0.